The Bertz CT molecular complexity index is 806. The van der Waals surface area contributed by atoms with Crippen LogP contribution in [0.3, 0.4) is 0 Å². The number of benzene rings is 1. The van der Waals surface area contributed by atoms with Crippen molar-refractivity contribution < 1.29 is 18.4 Å². The van der Waals surface area contributed by atoms with Crippen molar-refractivity contribution in [3.05, 3.63) is 66.3 Å². The molecule has 2 aromatic rings. The fourth-order valence-electron chi connectivity index (χ4n) is 2.21. The SMILES string of the molecule is C=CCN1C(=O)N/C(=C/c2ccc(-c3ccc(F)cc3)o2)C1=O. The van der Waals surface area contributed by atoms with Crippen LogP contribution in [0.4, 0.5) is 9.18 Å². The number of carbonyl (C=O) groups is 2. The summed E-state index contributed by atoms with van der Waals surface area (Å²) in [4.78, 5) is 24.8. The number of carbonyl (C=O) groups excluding carboxylic acids is 2. The number of hydrogen-bond acceptors (Lipinski definition) is 3. The normalized spacial score (nSPS) is 16.0. The van der Waals surface area contributed by atoms with Crippen LogP contribution in [-0.2, 0) is 4.79 Å². The number of rotatable bonds is 4. The molecule has 1 aromatic carbocycles. The third-order valence-electron chi connectivity index (χ3n) is 3.32. The first-order valence-corrected chi connectivity index (χ1v) is 6.89. The van der Waals surface area contributed by atoms with E-state index in [0.29, 0.717) is 17.1 Å². The van der Waals surface area contributed by atoms with Crippen molar-refractivity contribution in [3.63, 3.8) is 0 Å². The van der Waals surface area contributed by atoms with Crippen LogP contribution in [-0.4, -0.2) is 23.4 Å². The Morgan fingerprint density at radius 3 is 2.61 bits per heavy atom. The molecule has 1 N–H and O–H groups in total. The zero-order valence-electron chi connectivity index (χ0n) is 12.1. The second kappa shape index (κ2) is 5.92. The third kappa shape index (κ3) is 2.91. The topological polar surface area (TPSA) is 62.6 Å². The summed E-state index contributed by atoms with van der Waals surface area (Å²) in [5, 5.41) is 2.48. The van der Waals surface area contributed by atoms with E-state index >= 15 is 0 Å². The molecule has 1 saturated heterocycles. The van der Waals surface area contributed by atoms with Crippen LogP contribution < -0.4 is 5.32 Å². The van der Waals surface area contributed by atoms with Crippen molar-refractivity contribution in [2.24, 2.45) is 0 Å². The Hall–Kier alpha value is -3.15. The number of furan rings is 1. The standard InChI is InChI=1S/C17H13FN2O3/c1-2-9-20-16(21)14(19-17(20)22)10-13-7-8-15(23-13)11-3-5-12(18)6-4-11/h2-8,10H,1,9H2,(H,19,22)/b14-10+. The second-order valence-electron chi connectivity index (χ2n) is 4.90. The van der Waals surface area contributed by atoms with Gasteiger partial charge in [0.1, 0.15) is 23.0 Å². The summed E-state index contributed by atoms with van der Waals surface area (Å²) in [7, 11) is 0. The fraction of sp³-hybridized carbons (Fsp3) is 0.0588. The minimum Gasteiger partial charge on any atom is -0.457 e. The van der Waals surface area contributed by atoms with Gasteiger partial charge in [-0.05, 0) is 36.4 Å². The van der Waals surface area contributed by atoms with Gasteiger partial charge in [0.2, 0.25) is 0 Å². The van der Waals surface area contributed by atoms with E-state index in [1.165, 1.54) is 24.3 Å². The highest BCUT2D eigenvalue weighted by Gasteiger charge is 2.32. The van der Waals surface area contributed by atoms with E-state index in [1.54, 1.807) is 24.3 Å². The molecule has 0 saturated carbocycles. The zero-order valence-corrected chi connectivity index (χ0v) is 12.1. The maximum absolute atomic E-state index is 12.9. The van der Waals surface area contributed by atoms with Crippen molar-refractivity contribution in [1.29, 1.82) is 0 Å². The Balaban J connectivity index is 1.84. The van der Waals surface area contributed by atoms with Gasteiger partial charge in [0.25, 0.3) is 5.91 Å². The summed E-state index contributed by atoms with van der Waals surface area (Å²) in [5.41, 5.74) is 0.850. The van der Waals surface area contributed by atoms with Crippen molar-refractivity contribution >= 4 is 18.0 Å². The predicted molar refractivity (Wildman–Crippen MR) is 82.5 cm³/mol. The first kappa shape index (κ1) is 14.8. The van der Waals surface area contributed by atoms with Gasteiger partial charge in [0.05, 0.1) is 0 Å². The van der Waals surface area contributed by atoms with E-state index in [1.807, 2.05) is 0 Å². The van der Waals surface area contributed by atoms with Gasteiger partial charge in [-0.15, -0.1) is 6.58 Å². The molecule has 0 radical (unpaired) electrons. The van der Waals surface area contributed by atoms with Crippen LogP contribution in [0.1, 0.15) is 5.76 Å². The van der Waals surface area contributed by atoms with Crippen LogP contribution in [0, 0.1) is 5.82 Å². The molecule has 1 aliphatic heterocycles. The predicted octanol–water partition coefficient (Wildman–Crippen LogP) is 3.16. The minimum atomic E-state index is -0.494. The van der Waals surface area contributed by atoms with E-state index < -0.39 is 11.9 Å². The molecular weight excluding hydrogens is 299 g/mol. The molecule has 0 spiro atoms. The van der Waals surface area contributed by atoms with Gasteiger partial charge in [-0.1, -0.05) is 6.08 Å². The van der Waals surface area contributed by atoms with Gasteiger partial charge in [-0.2, -0.15) is 0 Å². The highest BCUT2D eigenvalue weighted by Crippen LogP contribution is 2.24. The molecule has 0 unspecified atom stereocenters. The van der Waals surface area contributed by atoms with Crippen LogP contribution in [0.2, 0.25) is 0 Å². The van der Waals surface area contributed by atoms with Gasteiger partial charge in [-0.3, -0.25) is 9.69 Å². The number of halogens is 1. The molecule has 1 fully saturated rings. The molecule has 23 heavy (non-hydrogen) atoms. The van der Waals surface area contributed by atoms with Gasteiger partial charge < -0.3 is 9.73 Å². The first-order valence-electron chi connectivity index (χ1n) is 6.89. The van der Waals surface area contributed by atoms with Crippen molar-refractivity contribution in [2.45, 2.75) is 0 Å². The summed E-state index contributed by atoms with van der Waals surface area (Å²) in [5.74, 6) is 0.184. The Labute approximate surface area is 131 Å². The lowest BCUT2D eigenvalue weighted by molar-refractivity contribution is -0.122. The lowest BCUT2D eigenvalue weighted by Crippen LogP contribution is -2.30. The molecule has 3 amide bonds. The maximum atomic E-state index is 12.9. The fourth-order valence-corrected chi connectivity index (χ4v) is 2.21. The van der Waals surface area contributed by atoms with Crippen molar-refractivity contribution in [2.75, 3.05) is 6.54 Å². The zero-order chi connectivity index (χ0) is 16.4. The monoisotopic (exact) mass is 312 g/mol. The van der Waals surface area contributed by atoms with Crippen molar-refractivity contribution in [1.82, 2.24) is 10.2 Å². The van der Waals surface area contributed by atoms with E-state index in [0.717, 1.165) is 4.90 Å². The summed E-state index contributed by atoms with van der Waals surface area (Å²) in [6, 6.07) is 8.75. The Morgan fingerprint density at radius 1 is 1.17 bits per heavy atom. The summed E-state index contributed by atoms with van der Waals surface area (Å²) < 4.78 is 18.5. The highest BCUT2D eigenvalue weighted by atomic mass is 19.1. The van der Waals surface area contributed by atoms with Crippen LogP contribution >= 0.6 is 0 Å². The molecule has 1 aliphatic rings. The summed E-state index contributed by atoms with van der Waals surface area (Å²) in [6.07, 6.45) is 2.93. The van der Waals surface area contributed by atoms with E-state index in [-0.39, 0.29) is 18.1 Å². The number of nitrogens with zero attached hydrogens (tertiary/aromatic N) is 1. The molecular formula is C17H13FN2O3. The average Bonchev–Trinajstić information content (AvgIpc) is 3.09. The molecule has 5 nitrogen and oxygen atoms in total. The first-order chi connectivity index (χ1) is 11.1. The van der Waals surface area contributed by atoms with E-state index in [2.05, 4.69) is 11.9 Å². The lowest BCUT2D eigenvalue weighted by Gasteiger charge is -2.06. The molecule has 3 rings (SSSR count). The molecule has 0 aliphatic carbocycles. The van der Waals surface area contributed by atoms with Crippen molar-refractivity contribution in [3.8, 4) is 11.3 Å². The number of nitrogens with one attached hydrogen (secondary N) is 1. The minimum absolute atomic E-state index is 0.136. The molecule has 116 valence electrons. The number of amides is 3. The summed E-state index contributed by atoms with van der Waals surface area (Å²) >= 11 is 0. The van der Waals surface area contributed by atoms with Crippen LogP contribution in [0.15, 0.2) is 59.2 Å². The van der Waals surface area contributed by atoms with E-state index in [9.17, 15) is 14.0 Å². The summed E-state index contributed by atoms with van der Waals surface area (Å²) in [6.45, 7) is 3.65. The second-order valence-corrected chi connectivity index (χ2v) is 4.90. The smallest absolute Gasteiger partial charge is 0.329 e. The average molecular weight is 312 g/mol. The number of imide groups is 1. The highest BCUT2D eigenvalue weighted by molar-refractivity contribution is 6.13. The number of hydrogen-bond donors (Lipinski definition) is 1. The molecule has 2 heterocycles. The van der Waals surface area contributed by atoms with E-state index in [4.69, 9.17) is 4.42 Å². The maximum Gasteiger partial charge on any atom is 0.329 e. The van der Waals surface area contributed by atoms with Gasteiger partial charge in [0.15, 0.2) is 0 Å². The third-order valence-corrected chi connectivity index (χ3v) is 3.32. The molecule has 6 heteroatoms. The molecule has 0 bridgehead atoms. The Morgan fingerprint density at radius 2 is 1.91 bits per heavy atom. The Kier molecular flexibility index (Phi) is 3.80. The lowest BCUT2D eigenvalue weighted by atomic mass is 10.2. The number of urea groups is 1. The molecule has 1 aromatic heterocycles. The van der Waals surface area contributed by atoms with Gasteiger partial charge >= 0.3 is 6.03 Å². The van der Waals surface area contributed by atoms with Crippen LogP contribution in [0.25, 0.3) is 17.4 Å². The van der Waals surface area contributed by atoms with Gasteiger partial charge in [0, 0.05) is 18.2 Å². The van der Waals surface area contributed by atoms with Crippen LogP contribution in [0.5, 0.6) is 0 Å². The van der Waals surface area contributed by atoms with Gasteiger partial charge in [-0.25, -0.2) is 9.18 Å². The molecule has 0 atom stereocenters. The quantitative estimate of drug-likeness (QED) is 0.536. The largest absolute Gasteiger partial charge is 0.457 e.